The molecule has 17 heavy (non-hydrogen) atoms. The van der Waals surface area contributed by atoms with Crippen LogP contribution in [0.4, 0.5) is 5.13 Å². The summed E-state index contributed by atoms with van der Waals surface area (Å²) in [5, 5.41) is 5.44. The van der Waals surface area contributed by atoms with Gasteiger partial charge in [0.2, 0.25) is 5.91 Å². The molecule has 0 bridgehead atoms. The molecule has 3 N–H and O–H groups in total. The lowest BCUT2D eigenvalue weighted by Gasteiger charge is -2.08. The summed E-state index contributed by atoms with van der Waals surface area (Å²) in [6, 6.07) is -0.0514. The maximum atomic E-state index is 11.7. The van der Waals surface area contributed by atoms with E-state index in [1.54, 1.807) is 0 Å². The van der Waals surface area contributed by atoms with Crippen LogP contribution in [-0.4, -0.2) is 16.9 Å². The van der Waals surface area contributed by atoms with Gasteiger partial charge in [-0.15, -0.1) is 11.3 Å². The van der Waals surface area contributed by atoms with Gasteiger partial charge in [-0.1, -0.05) is 27.2 Å². The second kappa shape index (κ2) is 6.71. The van der Waals surface area contributed by atoms with Gasteiger partial charge in [-0.2, -0.15) is 0 Å². The number of carbonyl (C=O) groups is 1. The molecule has 0 saturated carbocycles. The number of carbonyl (C=O) groups excluding carboxylic acids is 1. The first-order valence-corrected chi connectivity index (χ1v) is 6.91. The predicted octanol–water partition coefficient (Wildman–Crippen LogP) is 2.72. The SMILES string of the molecule is CCCC(N)CC(=O)Nc1nc(C(C)C)cs1. The Bertz CT molecular complexity index is 362. The zero-order valence-electron chi connectivity index (χ0n) is 10.7. The maximum Gasteiger partial charge on any atom is 0.227 e. The van der Waals surface area contributed by atoms with Crippen molar-refractivity contribution in [3.8, 4) is 0 Å². The number of nitrogens with zero attached hydrogens (tertiary/aromatic N) is 1. The lowest BCUT2D eigenvalue weighted by atomic mass is 10.1. The molecular formula is C12H21N3OS. The monoisotopic (exact) mass is 255 g/mol. The molecule has 5 heteroatoms. The van der Waals surface area contributed by atoms with Crippen molar-refractivity contribution in [2.75, 3.05) is 5.32 Å². The quantitative estimate of drug-likeness (QED) is 0.821. The zero-order chi connectivity index (χ0) is 12.8. The van der Waals surface area contributed by atoms with Gasteiger partial charge in [-0.3, -0.25) is 4.79 Å². The highest BCUT2D eigenvalue weighted by Gasteiger charge is 2.11. The van der Waals surface area contributed by atoms with Crippen LogP contribution in [0.25, 0.3) is 0 Å². The molecule has 0 aliphatic heterocycles. The summed E-state index contributed by atoms with van der Waals surface area (Å²) < 4.78 is 0. The van der Waals surface area contributed by atoms with E-state index in [-0.39, 0.29) is 11.9 Å². The molecule has 0 spiro atoms. The first kappa shape index (κ1) is 14.1. The minimum absolute atomic E-state index is 0.0457. The van der Waals surface area contributed by atoms with E-state index >= 15 is 0 Å². The third-order valence-electron chi connectivity index (χ3n) is 2.47. The highest BCUT2D eigenvalue weighted by atomic mass is 32.1. The maximum absolute atomic E-state index is 11.7. The average Bonchev–Trinajstić information content (AvgIpc) is 2.66. The lowest BCUT2D eigenvalue weighted by Crippen LogP contribution is -2.26. The molecule has 1 amide bonds. The second-order valence-corrected chi connectivity index (χ2v) is 5.39. The summed E-state index contributed by atoms with van der Waals surface area (Å²) >= 11 is 1.46. The van der Waals surface area contributed by atoms with Gasteiger partial charge in [0.05, 0.1) is 5.69 Å². The third kappa shape index (κ3) is 4.83. The van der Waals surface area contributed by atoms with Crippen LogP contribution >= 0.6 is 11.3 Å². The first-order valence-electron chi connectivity index (χ1n) is 6.03. The van der Waals surface area contributed by atoms with Gasteiger partial charge in [-0.05, 0) is 12.3 Å². The fourth-order valence-corrected chi connectivity index (χ4v) is 2.38. The molecule has 0 aromatic carbocycles. The Morgan fingerprint density at radius 3 is 2.82 bits per heavy atom. The normalized spacial score (nSPS) is 12.8. The molecule has 4 nitrogen and oxygen atoms in total. The van der Waals surface area contributed by atoms with Gasteiger partial charge in [0.15, 0.2) is 5.13 Å². The van der Waals surface area contributed by atoms with Crippen molar-refractivity contribution in [3.63, 3.8) is 0 Å². The summed E-state index contributed by atoms with van der Waals surface area (Å²) in [5.74, 6) is 0.342. The summed E-state index contributed by atoms with van der Waals surface area (Å²) in [7, 11) is 0. The van der Waals surface area contributed by atoms with Crippen molar-refractivity contribution in [2.45, 2.75) is 52.0 Å². The van der Waals surface area contributed by atoms with E-state index in [0.717, 1.165) is 18.5 Å². The molecule has 0 fully saturated rings. The van der Waals surface area contributed by atoms with Gasteiger partial charge in [-0.25, -0.2) is 4.98 Å². The third-order valence-corrected chi connectivity index (χ3v) is 3.24. The van der Waals surface area contributed by atoms with Crippen molar-refractivity contribution in [3.05, 3.63) is 11.1 Å². The van der Waals surface area contributed by atoms with Crippen molar-refractivity contribution in [2.24, 2.45) is 5.73 Å². The molecule has 1 aromatic rings. The van der Waals surface area contributed by atoms with Crippen LogP contribution in [0.3, 0.4) is 0 Å². The molecule has 0 saturated heterocycles. The molecular weight excluding hydrogens is 234 g/mol. The standard InChI is InChI=1S/C12H21N3OS/c1-4-5-9(13)6-11(16)15-12-14-10(7-17-12)8(2)3/h7-9H,4-6,13H2,1-3H3,(H,14,15,16). The number of anilines is 1. The number of nitrogens with two attached hydrogens (primary N) is 1. The summed E-state index contributed by atoms with van der Waals surface area (Å²) in [6.45, 7) is 6.23. The first-order chi connectivity index (χ1) is 8.02. The Morgan fingerprint density at radius 1 is 1.59 bits per heavy atom. The average molecular weight is 255 g/mol. The molecule has 1 unspecified atom stereocenters. The molecule has 1 heterocycles. The smallest absolute Gasteiger partial charge is 0.227 e. The molecule has 1 aromatic heterocycles. The fraction of sp³-hybridized carbons (Fsp3) is 0.667. The van der Waals surface area contributed by atoms with Crippen LogP contribution in [0, 0.1) is 0 Å². The van der Waals surface area contributed by atoms with Gasteiger partial charge >= 0.3 is 0 Å². The molecule has 0 radical (unpaired) electrons. The Hall–Kier alpha value is -0.940. The Morgan fingerprint density at radius 2 is 2.29 bits per heavy atom. The number of hydrogen-bond donors (Lipinski definition) is 2. The topological polar surface area (TPSA) is 68.0 Å². The van der Waals surface area contributed by atoms with Crippen molar-refractivity contribution in [1.29, 1.82) is 0 Å². The predicted molar refractivity (Wildman–Crippen MR) is 72.3 cm³/mol. The van der Waals surface area contributed by atoms with Crippen molar-refractivity contribution >= 4 is 22.4 Å². The molecule has 0 aliphatic carbocycles. The number of aromatic nitrogens is 1. The molecule has 96 valence electrons. The van der Waals surface area contributed by atoms with Gasteiger partial charge in [0.1, 0.15) is 0 Å². The highest BCUT2D eigenvalue weighted by molar-refractivity contribution is 7.13. The van der Waals surface area contributed by atoms with E-state index < -0.39 is 0 Å². The number of amides is 1. The van der Waals surface area contributed by atoms with Gasteiger partial charge in [0, 0.05) is 17.8 Å². The van der Waals surface area contributed by atoms with E-state index in [2.05, 4.69) is 31.1 Å². The summed E-state index contributed by atoms with van der Waals surface area (Å²) in [6.07, 6.45) is 2.25. The van der Waals surface area contributed by atoms with E-state index in [9.17, 15) is 4.79 Å². The van der Waals surface area contributed by atoms with E-state index in [1.807, 2.05) is 5.38 Å². The molecule has 0 aliphatic rings. The molecule has 1 rings (SSSR count). The Kier molecular flexibility index (Phi) is 5.58. The summed E-state index contributed by atoms with van der Waals surface area (Å²) in [4.78, 5) is 16.0. The van der Waals surface area contributed by atoms with Crippen LogP contribution in [0.2, 0.25) is 0 Å². The van der Waals surface area contributed by atoms with Crippen LogP contribution in [0.15, 0.2) is 5.38 Å². The van der Waals surface area contributed by atoms with Crippen LogP contribution < -0.4 is 11.1 Å². The van der Waals surface area contributed by atoms with Crippen molar-refractivity contribution < 1.29 is 4.79 Å². The summed E-state index contributed by atoms with van der Waals surface area (Å²) in [5.41, 5.74) is 6.83. The molecule has 1 atom stereocenters. The highest BCUT2D eigenvalue weighted by Crippen LogP contribution is 2.21. The number of nitrogens with one attached hydrogen (secondary N) is 1. The van der Waals surface area contributed by atoms with Crippen molar-refractivity contribution in [1.82, 2.24) is 4.98 Å². The fourth-order valence-electron chi connectivity index (χ4n) is 1.49. The van der Waals surface area contributed by atoms with Crippen LogP contribution in [-0.2, 0) is 4.79 Å². The van der Waals surface area contributed by atoms with Gasteiger partial charge in [0.25, 0.3) is 0 Å². The minimum atomic E-state index is -0.0514. The second-order valence-electron chi connectivity index (χ2n) is 4.53. The Balaban J connectivity index is 2.44. The number of rotatable bonds is 6. The van der Waals surface area contributed by atoms with Gasteiger partial charge < -0.3 is 11.1 Å². The number of hydrogen-bond acceptors (Lipinski definition) is 4. The lowest BCUT2D eigenvalue weighted by molar-refractivity contribution is -0.116. The Labute approximate surface area is 107 Å². The zero-order valence-corrected chi connectivity index (χ0v) is 11.5. The van der Waals surface area contributed by atoms with E-state index in [1.165, 1.54) is 11.3 Å². The largest absolute Gasteiger partial charge is 0.327 e. The number of thiazole rings is 1. The van der Waals surface area contributed by atoms with E-state index in [0.29, 0.717) is 17.5 Å². The van der Waals surface area contributed by atoms with Crippen LogP contribution in [0.1, 0.15) is 51.6 Å². The van der Waals surface area contributed by atoms with E-state index in [4.69, 9.17) is 5.73 Å². The van der Waals surface area contributed by atoms with Crippen LogP contribution in [0.5, 0.6) is 0 Å². The minimum Gasteiger partial charge on any atom is -0.327 e.